The van der Waals surface area contributed by atoms with E-state index >= 15 is 0 Å². The Hall–Kier alpha value is -2.92. The molecule has 0 unspecified atom stereocenters. The van der Waals surface area contributed by atoms with Crippen molar-refractivity contribution in [3.63, 3.8) is 0 Å². The molecule has 1 aromatic carbocycles. The number of esters is 1. The van der Waals surface area contributed by atoms with Crippen molar-refractivity contribution in [2.24, 2.45) is 0 Å². The molecule has 3 aromatic rings. The van der Waals surface area contributed by atoms with Gasteiger partial charge in [-0.2, -0.15) is 5.10 Å². The Morgan fingerprint density at radius 1 is 1.14 bits per heavy atom. The van der Waals surface area contributed by atoms with Gasteiger partial charge in [0.1, 0.15) is 5.60 Å². The lowest BCUT2D eigenvalue weighted by atomic mass is 9.99. The number of fused-ring (bicyclic) bond motifs is 1. The molecule has 28 heavy (non-hydrogen) atoms. The van der Waals surface area contributed by atoms with Gasteiger partial charge in [-0.15, -0.1) is 0 Å². The van der Waals surface area contributed by atoms with Crippen LogP contribution in [0.5, 0.6) is 0 Å². The molecular formula is C23H24N2O3. The number of benzene rings is 1. The molecule has 0 saturated heterocycles. The van der Waals surface area contributed by atoms with Crippen molar-refractivity contribution >= 4 is 17.1 Å². The van der Waals surface area contributed by atoms with E-state index in [2.05, 4.69) is 23.3 Å². The van der Waals surface area contributed by atoms with Gasteiger partial charge in [0, 0.05) is 11.8 Å². The first-order valence-corrected chi connectivity index (χ1v) is 9.50. The van der Waals surface area contributed by atoms with Crippen LogP contribution in [0.25, 0.3) is 22.2 Å². The van der Waals surface area contributed by atoms with Crippen LogP contribution in [0.15, 0.2) is 54.9 Å². The minimum Gasteiger partial charge on any atom is -0.456 e. The maximum absolute atomic E-state index is 12.7. The standard InChI is InChI=1S/C23H24N2O3/c1-23(2,3)28-22(26)19-7-5-4-6-18(19)20-14-24-25-15-17(8-9-21(20)25)16-10-12-27-13-11-16/h4-10,14-15H,11-13H2,1-3H3. The maximum Gasteiger partial charge on any atom is 0.339 e. The molecule has 0 amide bonds. The fourth-order valence-electron chi connectivity index (χ4n) is 3.40. The molecule has 4 rings (SSSR count). The predicted octanol–water partition coefficient (Wildman–Crippen LogP) is 4.76. The third kappa shape index (κ3) is 3.71. The highest BCUT2D eigenvalue weighted by molar-refractivity contribution is 5.99. The number of aromatic nitrogens is 2. The van der Waals surface area contributed by atoms with Crippen molar-refractivity contribution in [1.82, 2.24) is 9.61 Å². The van der Waals surface area contributed by atoms with Gasteiger partial charge >= 0.3 is 5.97 Å². The van der Waals surface area contributed by atoms with E-state index in [1.165, 1.54) is 5.57 Å². The van der Waals surface area contributed by atoms with Crippen molar-refractivity contribution in [2.45, 2.75) is 32.8 Å². The summed E-state index contributed by atoms with van der Waals surface area (Å²) in [6.07, 6.45) is 6.86. The monoisotopic (exact) mass is 376 g/mol. The number of ether oxygens (including phenoxy) is 2. The summed E-state index contributed by atoms with van der Waals surface area (Å²) in [4.78, 5) is 12.7. The molecule has 0 bridgehead atoms. The van der Waals surface area contributed by atoms with Crippen LogP contribution in [-0.4, -0.2) is 34.4 Å². The third-order valence-corrected chi connectivity index (χ3v) is 4.69. The molecule has 1 aliphatic heterocycles. The molecule has 1 aliphatic rings. The lowest BCUT2D eigenvalue weighted by Crippen LogP contribution is -2.24. The van der Waals surface area contributed by atoms with Crippen LogP contribution in [0.3, 0.4) is 0 Å². The number of carbonyl (C=O) groups is 1. The van der Waals surface area contributed by atoms with E-state index in [1.807, 2.05) is 49.7 Å². The first-order valence-electron chi connectivity index (χ1n) is 9.50. The minimum absolute atomic E-state index is 0.327. The Kier molecular flexibility index (Phi) is 4.77. The second-order valence-electron chi connectivity index (χ2n) is 7.91. The van der Waals surface area contributed by atoms with Crippen LogP contribution in [0.2, 0.25) is 0 Å². The zero-order valence-corrected chi connectivity index (χ0v) is 16.4. The third-order valence-electron chi connectivity index (χ3n) is 4.69. The van der Waals surface area contributed by atoms with E-state index in [0.717, 1.165) is 35.2 Å². The van der Waals surface area contributed by atoms with Crippen LogP contribution in [0.1, 0.15) is 43.1 Å². The second-order valence-corrected chi connectivity index (χ2v) is 7.91. The van der Waals surface area contributed by atoms with Crippen LogP contribution in [0, 0.1) is 0 Å². The van der Waals surface area contributed by atoms with E-state index in [4.69, 9.17) is 9.47 Å². The van der Waals surface area contributed by atoms with Crippen molar-refractivity contribution in [3.8, 4) is 11.1 Å². The molecule has 144 valence electrons. The fourth-order valence-corrected chi connectivity index (χ4v) is 3.40. The SMILES string of the molecule is CC(C)(C)OC(=O)c1ccccc1-c1cnn2cc(C3=CCOCC3)ccc12. The molecule has 0 spiro atoms. The summed E-state index contributed by atoms with van der Waals surface area (Å²) in [5.74, 6) is -0.327. The molecule has 0 fully saturated rings. The van der Waals surface area contributed by atoms with E-state index < -0.39 is 5.60 Å². The second kappa shape index (κ2) is 7.24. The Morgan fingerprint density at radius 3 is 2.71 bits per heavy atom. The van der Waals surface area contributed by atoms with Gasteiger partial charge in [-0.1, -0.05) is 30.3 Å². The summed E-state index contributed by atoms with van der Waals surface area (Å²) < 4.78 is 12.9. The number of hydrogen-bond acceptors (Lipinski definition) is 4. The van der Waals surface area contributed by atoms with Crippen LogP contribution in [-0.2, 0) is 9.47 Å². The number of pyridine rings is 1. The lowest BCUT2D eigenvalue weighted by Gasteiger charge is -2.20. The minimum atomic E-state index is -0.544. The van der Waals surface area contributed by atoms with E-state index in [1.54, 1.807) is 12.3 Å². The molecular weight excluding hydrogens is 352 g/mol. The first-order chi connectivity index (χ1) is 13.4. The summed E-state index contributed by atoms with van der Waals surface area (Å²) in [6, 6.07) is 11.7. The molecule has 3 heterocycles. The number of carbonyl (C=O) groups excluding carboxylic acids is 1. The average Bonchev–Trinajstić information content (AvgIpc) is 3.10. The van der Waals surface area contributed by atoms with Gasteiger partial charge < -0.3 is 9.47 Å². The summed E-state index contributed by atoms with van der Waals surface area (Å²) in [6.45, 7) is 7.01. The van der Waals surface area contributed by atoms with Crippen molar-refractivity contribution in [2.75, 3.05) is 13.2 Å². The van der Waals surface area contributed by atoms with Gasteiger partial charge in [0.2, 0.25) is 0 Å². The molecule has 5 heteroatoms. The smallest absolute Gasteiger partial charge is 0.339 e. The van der Waals surface area contributed by atoms with Crippen LogP contribution in [0.4, 0.5) is 0 Å². The Labute approximate surface area is 164 Å². The number of rotatable bonds is 3. The zero-order chi connectivity index (χ0) is 19.7. The highest BCUT2D eigenvalue weighted by atomic mass is 16.6. The van der Waals surface area contributed by atoms with Gasteiger partial charge in [0.15, 0.2) is 0 Å². The maximum atomic E-state index is 12.7. The first kappa shape index (κ1) is 18.4. The Morgan fingerprint density at radius 2 is 1.96 bits per heavy atom. The quantitative estimate of drug-likeness (QED) is 0.619. The predicted molar refractivity (Wildman–Crippen MR) is 109 cm³/mol. The van der Waals surface area contributed by atoms with Crippen molar-refractivity contribution in [3.05, 3.63) is 66.0 Å². The highest BCUT2D eigenvalue weighted by Gasteiger charge is 2.22. The molecule has 0 N–H and O–H groups in total. The molecule has 0 radical (unpaired) electrons. The van der Waals surface area contributed by atoms with Gasteiger partial charge in [-0.05, 0) is 56.0 Å². The largest absolute Gasteiger partial charge is 0.456 e. The molecule has 0 aliphatic carbocycles. The van der Waals surface area contributed by atoms with Crippen molar-refractivity contribution in [1.29, 1.82) is 0 Å². The summed E-state index contributed by atoms with van der Waals surface area (Å²) in [5.41, 5.74) is 5.11. The normalized spacial score (nSPS) is 14.8. The number of hydrogen-bond donors (Lipinski definition) is 0. The van der Waals surface area contributed by atoms with Crippen molar-refractivity contribution < 1.29 is 14.3 Å². The highest BCUT2D eigenvalue weighted by Crippen LogP contribution is 2.30. The molecule has 5 nitrogen and oxygen atoms in total. The zero-order valence-electron chi connectivity index (χ0n) is 16.4. The van der Waals surface area contributed by atoms with Gasteiger partial charge in [-0.3, -0.25) is 0 Å². The van der Waals surface area contributed by atoms with Crippen LogP contribution >= 0.6 is 0 Å². The molecule has 2 aromatic heterocycles. The molecule has 0 atom stereocenters. The average molecular weight is 376 g/mol. The summed E-state index contributed by atoms with van der Waals surface area (Å²) in [7, 11) is 0. The summed E-state index contributed by atoms with van der Waals surface area (Å²) in [5, 5.41) is 4.53. The lowest BCUT2D eigenvalue weighted by molar-refractivity contribution is 0.00705. The summed E-state index contributed by atoms with van der Waals surface area (Å²) >= 11 is 0. The van der Waals surface area contributed by atoms with Crippen LogP contribution < -0.4 is 0 Å². The Balaban J connectivity index is 1.74. The Bertz CT molecular complexity index is 1060. The van der Waals surface area contributed by atoms with E-state index in [0.29, 0.717) is 12.2 Å². The van der Waals surface area contributed by atoms with E-state index in [-0.39, 0.29) is 5.97 Å². The topological polar surface area (TPSA) is 52.8 Å². The number of nitrogens with zero attached hydrogens (tertiary/aromatic N) is 2. The van der Waals surface area contributed by atoms with Gasteiger partial charge in [0.05, 0.1) is 30.5 Å². The molecule has 0 saturated carbocycles. The fraction of sp³-hybridized carbons (Fsp3) is 0.304. The van der Waals surface area contributed by atoms with Gasteiger partial charge in [0.25, 0.3) is 0 Å². The van der Waals surface area contributed by atoms with Gasteiger partial charge in [-0.25, -0.2) is 9.31 Å². The van der Waals surface area contributed by atoms with E-state index in [9.17, 15) is 4.79 Å².